The Balaban J connectivity index is 2.63. The summed E-state index contributed by atoms with van der Waals surface area (Å²) >= 11 is 6.33. The molecule has 0 spiro atoms. The van der Waals surface area contributed by atoms with E-state index in [1.165, 1.54) is 19.4 Å². The Hall–Kier alpha value is -0.800. The van der Waals surface area contributed by atoms with Gasteiger partial charge < -0.3 is 0 Å². The maximum atomic E-state index is 4.53. The van der Waals surface area contributed by atoms with Crippen LogP contribution >= 0.6 is 24.0 Å². The topological polar surface area (TPSA) is 12.9 Å². The Kier molecular flexibility index (Phi) is 1.89. The molecule has 0 aliphatic heterocycles. The van der Waals surface area contributed by atoms with Crippen LogP contribution in [0.3, 0.4) is 0 Å². The van der Waals surface area contributed by atoms with Gasteiger partial charge >= 0.3 is 0 Å². The van der Waals surface area contributed by atoms with Gasteiger partial charge in [0, 0.05) is 15.9 Å². The highest BCUT2D eigenvalue weighted by molar-refractivity contribution is 7.90. The van der Waals surface area contributed by atoms with E-state index in [0.29, 0.717) is 0 Å². The van der Waals surface area contributed by atoms with Crippen LogP contribution in [-0.2, 0) is 0 Å². The first-order valence-corrected chi connectivity index (χ1v) is 5.88. The number of nitrogens with zero attached hydrogens (tertiary/aromatic N) is 1. The van der Waals surface area contributed by atoms with Crippen molar-refractivity contribution in [1.29, 1.82) is 0 Å². The lowest BCUT2D eigenvalue weighted by Crippen LogP contribution is -2.23. The van der Waals surface area contributed by atoms with Crippen molar-refractivity contribution in [1.82, 2.24) is 4.98 Å². The summed E-state index contributed by atoms with van der Waals surface area (Å²) in [5.41, 5.74) is 1.14. The number of aromatic nitrogens is 1. The van der Waals surface area contributed by atoms with Crippen LogP contribution in [0.15, 0.2) is 18.3 Å². The van der Waals surface area contributed by atoms with Gasteiger partial charge in [-0.05, 0) is 29.9 Å². The van der Waals surface area contributed by atoms with Gasteiger partial charge in [0.1, 0.15) is 0 Å². The molecule has 3 rings (SSSR count). The molecule has 1 aliphatic carbocycles. The molecule has 0 amide bonds. The summed E-state index contributed by atoms with van der Waals surface area (Å²) in [7, 11) is 0. The van der Waals surface area contributed by atoms with Crippen LogP contribution in [0.1, 0.15) is 12.8 Å². The molecule has 70 valence electrons. The third-order valence-electron chi connectivity index (χ3n) is 2.47. The highest BCUT2D eigenvalue weighted by Crippen LogP contribution is 2.17. The number of thiol groups is 1. The van der Waals surface area contributed by atoms with Gasteiger partial charge in [-0.3, -0.25) is 4.98 Å². The molecule has 0 unspecified atom stereocenters. The predicted octanol–water partition coefficient (Wildman–Crippen LogP) is 1.91. The Morgan fingerprint density at radius 1 is 1.43 bits per heavy atom. The maximum Gasteiger partial charge on any atom is 0.0885 e. The molecule has 0 atom stereocenters. The molecule has 3 heteroatoms. The zero-order valence-electron chi connectivity index (χ0n) is 7.53. The third kappa shape index (κ3) is 1.12. The van der Waals surface area contributed by atoms with Crippen LogP contribution in [0.5, 0.6) is 0 Å². The fourth-order valence-electron chi connectivity index (χ4n) is 1.82. The van der Waals surface area contributed by atoms with E-state index in [9.17, 15) is 0 Å². The van der Waals surface area contributed by atoms with E-state index in [1.54, 1.807) is 11.3 Å². The van der Waals surface area contributed by atoms with Gasteiger partial charge in [0.15, 0.2) is 0 Å². The molecule has 0 saturated carbocycles. The number of thiophene rings is 1. The van der Waals surface area contributed by atoms with Gasteiger partial charge in [0.05, 0.1) is 10.2 Å². The Bertz CT molecular complexity index is 610. The minimum Gasteiger partial charge on any atom is -0.255 e. The largest absolute Gasteiger partial charge is 0.255 e. The van der Waals surface area contributed by atoms with Crippen molar-refractivity contribution in [2.45, 2.75) is 12.8 Å². The quantitative estimate of drug-likeness (QED) is 0.668. The molecule has 0 N–H and O–H groups in total. The number of hydrogen-bond acceptors (Lipinski definition) is 3. The maximum absolute atomic E-state index is 4.53. The normalized spacial score (nSPS) is 15.4. The van der Waals surface area contributed by atoms with Gasteiger partial charge in [-0.15, -0.1) is 24.0 Å². The summed E-state index contributed by atoms with van der Waals surface area (Å²) in [6.07, 6.45) is 6.30. The molecular weight excluding hydrogens is 210 g/mol. The van der Waals surface area contributed by atoms with E-state index in [-0.39, 0.29) is 0 Å². The molecule has 2 aromatic rings. The van der Waals surface area contributed by atoms with E-state index < -0.39 is 0 Å². The highest BCUT2D eigenvalue weighted by Gasteiger charge is 2.07. The van der Waals surface area contributed by atoms with E-state index >= 15 is 0 Å². The minimum atomic E-state index is 1.07. The first kappa shape index (κ1) is 8.50. The second-order valence-corrected chi connectivity index (χ2v) is 4.98. The zero-order chi connectivity index (χ0) is 9.54. The van der Waals surface area contributed by atoms with Crippen molar-refractivity contribution in [3.8, 4) is 0 Å². The summed E-state index contributed by atoms with van der Waals surface area (Å²) in [5.74, 6) is 0. The average molecular weight is 219 g/mol. The van der Waals surface area contributed by atoms with Crippen molar-refractivity contribution >= 4 is 45.2 Å². The fraction of sp³-hybridized carbons (Fsp3) is 0.182. The van der Waals surface area contributed by atoms with Crippen molar-refractivity contribution in [2.75, 3.05) is 0 Å². The molecule has 0 fully saturated rings. The Morgan fingerprint density at radius 3 is 3.29 bits per heavy atom. The second kappa shape index (κ2) is 3.11. The summed E-state index contributed by atoms with van der Waals surface area (Å²) in [5, 5.41) is 1.29. The van der Waals surface area contributed by atoms with Gasteiger partial charge in [-0.2, -0.15) is 0 Å². The monoisotopic (exact) mass is 219 g/mol. The number of fused-ring (bicyclic) bond motifs is 3. The first-order valence-electron chi connectivity index (χ1n) is 4.62. The van der Waals surface area contributed by atoms with E-state index in [0.717, 1.165) is 18.4 Å². The second-order valence-electron chi connectivity index (χ2n) is 3.38. The lowest BCUT2D eigenvalue weighted by Gasteiger charge is -1.99. The van der Waals surface area contributed by atoms with Gasteiger partial charge in [0.25, 0.3) is 0 Å². The standard InChI is InChI=1S/C11H9NS2/c13-8-4-1-3-7-10-9(14-11(7)8)5-2-6-12-10/h2-3,5-6,13H,1,4H2. The lowest BCUT2D eigenvalue weighted by molar-refractivity contribution is 1.12. The SMILES string of the molecule is SC1=c2sc3cccnc3c2=CCC1. The van der Waals surface area contributed by atoms with Crippen LogP contribution < -0.4 is 9.75 Å². The first-order chi connectivity index (χ1) is 6.86. The Morgan fingerprint density at radius 2 is 2.36 bits per heavy atom. The molecule has 1 aliphatic rings. The van der Waals surface area contributed by atoms with Crippen molar-refractivity contribution in [2.24, 2.45) is 0 Å². The summed E-state index contributed by atoms with van der Waals surface area (Å²) in [4.78, 5) is 5.63. The van der Waals surface area contributed by atoms with Gasteiger partial charge in [-0.1, -0.05) is 6.08 Å². The van der Waals surface area contributed by atoms with Gasteiger partial charge in [-0.25, -0.2) is 0 Å². The average Bonchev–Trinajstić information content (AvgIpc) is 2.59. The van der Waals surface area contributed by atoms with Crippen molar-refractivity contribution in [3.05, 3.63) is 28.1 Å². The molecule has 2 heterocycles. The van der Waals surface area contributed by atoms with Crippen molar-refractivity contribution in [3.63, 3.8) is 0 Å². The van der Waals surface area contributed by atoms with Crippen LogP contribution in [0.4, 0.5) is 0 Å². The van der Waals surface area contributed by atoms with Gasteiger partial charge in [0.2, 0.25) is 0 Å². The van der Waals surface area contributed by atoms with E-state index in [1.807, 2.05) is 12.3 Å². The minimum absolute atomic E-state index is 1.07. The number of rotatable bonds is 0. The predicted molar refractivity (Wildman–Crippen MR) is 65.0 cm³/mol. The van der Waals surface area contributed by atoms with Crippen LogP contribution in [0.25, 0.3) is 21.2 Å². The highest BCUT2D eigenvalue weighted by atomic mass is 32.1. The molecule has 0 bridgehead atoms. The summed E-state index contributed by atoms with van der Waals surface area (Å²) < 4.78 is 2.58. The van der Waals surface area contributed by atoms with E-state index in [2.05, 4.69) is 29.8 Å². The molecule has 2 aromatic heterocycles. The number of hydrogen-bond donors (Lipinski definition) is 1. The molecule has 0 saturated heterocycles. The van der Waals surface area contributed by atoms with Crippen LogP contribution in [0.2, 0.25) is 0 Å². The molecular formula is C11H9NS2. The third-order valence-corrected chi connectivity index (χ3v) is 4.29. The fourth-order valence-corrected chi connectivity index (χ4v) is 3.34. The van der Waals surface area contributed by atoms with Crippen LogP contribution in [-0.4, -0.2) is 4.98 Å². The summed E-state index contributed by atoms with van der Waals surface area (Å²) in [6, 6.07) is 4.11. The molecule has 1 nitrogen and oxygen atoms in total. The lowest BCUT2D eigenvalue weighted by atomic mass is 10.1. The summed E-state index contributed by atoms with van der Waals surface area (Å²) in [6.45, 7) is 0. The molecule has 0 radical (unpaired) electrons. The van der Waals surface area contributed by atoms with Crippen LogP contribution in [0, 0.1) is 0 Å². The number of pyridine rings is 1. The smallest absolute Gasteiger partial charge is 0.0885 e. The van der Waals surface area contributed by atoms with E-state index in [4.69, 9.17) is 0 Å². The molecule has 0 aromatic carbocycles. The van der Waals surface area contributed by atoms with Crippen molar-refractivity contribution < 1.29 is 0 Å². The zero-order valence-corrected chi connectivity index (χ0v) is 9.24. The Labute approximate surface area is 91.2 Å². The molecule has 14 heavy (non-hydrogen) atoms.